The van der Waals surface area contributed by atoms with E-state index < -0.39 is 9.84 Å². The van der Waals surface area contributed by atoms with Crippen LogP contribution < -0.4 is 5.73 Å². The second-order valence-corrected chi connectivity index (χ2v) is 7.40. The van der Waals surface area contributed by atoms with Crippen molar-refractivity contribution < 1.29 is 13.2 Å². The minimum absolute atomic E-state index is 0.0867. The highest BCUT2D eigenvalue weighted by molar-refractivity contribution is 7.90. The number of benzene rings is 1. The van der Waals surface area contributed by atoms with E-state index in [-0.39, 0.29) is 22.4 Å². The summed E-state index contributed by atoms with van der Waals surface area (Å²) < 4.78 is 23.6. The Bertz CT molecular complexity index is 613. The lowest BCUT2D eigenvalue weighted by Gasteiger charge is -2.22. The van der Waals surface area contributed by atoms with Crippen LogP contribution in [-0.4, -0.2) is 44.6 Å². The quantitative estimate of drug-likeness (QED) is 0.898. The Morgan fingerprint density at radius 1 is 1.40 bits per heavy atom. The molecule has 1 amide bonds. The van der Waals surface area contributed by atoms with Gasteiger partial charge < -0.3 is 10.6 Å². The van der Waals surface area contributed by atoms with Crippen LogP contribution in [0.25, 0.3) is 0 Å². The first-order valence-corrected chi connectivity index (χ1v) is 8.54. The van der Waals surface area contributed by atoms with Crippen LogP contribution in [0, 0.1) is 5.92 Å². The van der Waals surface area contributed by atoms with Crippen molar-refractivity contribution >= 4 is 15.7 Å². The second kappa shape index (κ2) is 5.54. The molecular formula is C14H20N2O3S. The van der Waals surface area contributed by atoms with Gasteiger partial charge >= 0.3 is 0 Å². The number of carbonyl (C=O) groups excluding carboxylic acids is 1. The smallest absolute Gasteiger partial charge is 0.255 e. The molecule has 6 heteroatoms. The molecule has 1 fully saturated rings. The van der Waals surface area contributed by atoms with E-state index in [1.54, 1.807) is 23.1 Å². The van der Waals surface area contributed by atoms with E-state index in [0.29, 0.717) is 19.0 Å². The Kier molecular flexibility index (Phi) is 4.15. The Morgan fingerprint density at radius 3 is 2.60 bits per heavy atom. The van der Waals surface area contributed by atoms with Gasteiger partial charge in [0.2, 0.25) is 0 Å². The van der Waals surface area contributed by atoms with Gasteiger partial charge in [0.25, 0.3) is 5.91 Å². The molecule has 5 nitrogen and oxygen atoms in total. The molecule has 0 saturated carbocycles. The molecule has 1 heterocycles. The summed E-state index contributed by atoms with van der Waals surface area (Å²) in [4.78, 5) is 14.4. The predicted octanol–water partition coefficient (Wildman–Crippen LogP) is 0.899. The van der Waals surface area contributed by atoms with E-state index in [9.17, 15) is 13.2 Å². The zero-order valence-electron chi connectivity index (χ0n) is 11.7. The Hall–Kier alpha value is -1.40. The van der Waals surface area contributed by atoms with Crippen LogP contribution in [0.4, 0.5) is 0 Å². The summed E-state index contributed by atoms with van der Waals surface area (Å²) in [6, 6.07) is 6.45. The van der Waals surface area contributed by atoms with Crippen molar-refractivity contribution in [2.45, 2.75) is 24.3 Å². The van der Waals surface area contributed by atoms with Gasteiger partial charge in [0.1, 0.15) is 0 Å². The van der Waals surface area contributed by atoms with Gasteiger partial charge in [0.05, 0.1) is 10.5 Å². The SMILES string of the molecule is CC1CC(CN)CN1C(=O)c1ccccc1S(C)(=O)=O. The minimum Gasteiger partial charge on any atom is -0.336 e. The van der Waals surface area contributed by atoms with Gasteiger partial charge in [-0.1, -0.05) is 12.1 Å². The number of amides is 1. The summed E-state index contributed by atoms with van der Waals surface area (Å²) in [5.74, 6) is 0.0637. The third kappa shape index (κ3) is 2.86. The Labute approximate surface area is 119 Å². The molecule has 20 heavy (non-hydrogen) atoms. The molecule has 0 radical (unpaired) electrons. The van der Waals surface area contributed by atoms with Crippen molar-refractivity contribution in [3.8, 4) is 0 Å². The monoisotopic (exact) mass is 296 g/mol. The van der Waals surface area contributed by atoms with Crippen molar-refractivity contribution in [3.63, 3.8) is 0 Å². The number of carbonyl (C=O) groups is 1. The fraction of sp³-hybridized carbons (Fsp3) is 0.500. The first-order chi connectivity index (χ1) is 9.34. The molecule has 1 aromatic rings. The average Bonchev–Trinajstić information content (AvgIpc) is 2.78. The van der Waals surface area contributed by atoms with E-state index in [4.69, 9.17) is 5.73 Å². The number of sulfone groups is 1. The Balaban J connectivity index is 2.36. The number of likely N-dealkylation sites (tertiary alicyclic amines) is 1. The minimum atomic E-state index is -3.42. The third-order valence-corrected chi connectivity index (χ3v) is 4.93. The summed E-state index contributed by atoms with van der Waals surface area (Å²) in [5.41, 5.74) is 5.91. The topological polar surface area (TPSA) is 80.5 Å². The predicted molar refractivity (Wildman–Crippen MR) is 77.2 cm³/mol. The van der Waals surface area contributed by atoms with Crippen molar-refractivity contribution in [2.75, 3.05) is 19.3 Å². The van der Waals surface area contributed by atoms with E-state index in [0.717, 1.165) is 12.7 Å². The van der Waals surface area contributed by atoms with Gasteiger partial charge in [-0.2, -0.15) is 0 Å². The number of nitrogens with zero attached hydrogens (tertiary/aromatic N) is 1. The van der Waals surface area contributed by atoms with E-state index in [2.05, 4.69) is 0 Å². The summed E-state index contributed by atoms with van der Waals surface area (Å²) in [5, 5.41) is 0. The van der Waals surface area contributed by atoms with Crippen LogP contribution in [0.1, 0.15) is 23.7 Å². The summed E-state index contributed by atoms with van der Waals surface area (Å²) >= 11 is 0. The molecule has 1 saturated heterocycles. The molecule has 1 aromatic carbocycles. The van der Waals surface area contributed by atoms with Gasteiger partial charge in [0.15, 0.2) is 9.84 Å². The zero-order chi connectivity index (χ0) is 14.9. The molecule has 2 unspecified atom stereocenters. The highest BCUT2D eigenvalue weighted by Crippen LogP contribution is 2.26. The maximum absolute atomic E-state index is 12.6. The van der Waals surface area contributed by atoms with Crippen molar-refractivity contribution in [1.82, 2.24) is 4.90 Å². The highest BCUT2D eigenvalue weighted by atomic mass is 32.2. The van der Waals surface area contributed by atoms with E-state index in [1.807, 2.05) is 6.92 Å². The van der Waals surface area contributed by atoms with Gasteiger partial charge in [0, 0.05) is 18.8 Å². The standard InChI is InChI=1S/C14H20N2O3S/c1-10-7-11(8-15)9-16(10)14(17)12-5-3-4-6-13(12)20(2,18)19/h3-6,10-11H,7-9,15H2,1-2H3. The van der Waals surface area contributed by atoms with Crippen molar-refractivity contribution in [2.24, 2.45) is 11.7 Å². The van der Waals surface area contributed by atoms with Crippen LogP contribution in [0.2, 0.25) is 0 Å². The molecule has 2 rings (SSSR count). The van der Waals surface area contributed by atoms with Gasteiger partial charge in [-0.25, -0.2) is 8.42 Å². The van der Waals surface area contributed by atoms with Crippen molar-refractivity contribution in [1.29, 1.82) is 0 Å². The fourth-order valence-corrected chi connectivity index (χ4v) is 3.60. The summed E-state index contributed by atoms with van der Waals surface area (Å²) in [6.07, 6.45) is 1.98. The van der Waals surface area contributed by atoms with Crippen LogP contribution in [-0.2, 0) is 9.84 Å². The molecule has 0 spiro atoms. The van der Waals surface area contributed by atoms with Crippen LogP contribution in [0.15, 0.2) is 29.2 Å². The number of nitrogens with two attached hydrogens (primary N) is 1. The molecule has 0 aliphatic carbocycles. The summed E-state index contributed by atoms with van der Waals surface area (Å²) in [6.45, 7) is 3.10. The van der Waals surface area contributed by atoms with E-state index in [1.165, 1.54) is 6.07 Å². The highest BCUT2D eigenvalue weighted by Gasteiger charge is 2.33. The van der Waals surface area contributed by atoms with Gasteiger partial charge in [-0.15, -0.1) is 0 Å². The Morgan fingerprint density at radius 2 is 2.05 bits per heavy atom. The number of rotatable bonds is 3. The largest absolute Gasteiger partial charge is 0.336 e. The molecule has 2 N–H and O–H groups in total. The first kappa shape index (κ1) is 15.0. The maximum atomic E-state index is 12.6. The molecule has 2 atom stereocenters. The third-order valence-electron chi connectivity index (χ3n) is 3.77. The van der Waals surface area contributed by atoms with E-state index >= 15 is 0 Å². The molecular weight excluding hydrogens is 276 g/mol. The lowest BCUT2D eigenvalue weighted by atomic mass is 10.1. The molecule has 110 valence electrons. The van der Waals surface area contributed by atoms with Gasteiger partial charge in [-0.05, 0) is 37.9 Å². The zero-order valence-corrected chi connectivity index (χ0v) is 12.6. The molecule has 1 aliphatic heterocycles. The first-order valence-electron chi connectivity index (χ1n) is 6.64. The van der Waals surface area contributed by atoms with Crippen LogP contribution in [0.5, 0.6) is 0 Å². The normalized spacial score (nSPS) is 23.1. The number of hydrogen-bond donors (Lipinski definition) is 1. The maximum Gasteiger partial charge on any atom is 0.255 e. The lowest BCUT2D eigenvalue weighted by molar-refractivity contribution is 0.0739. The molecule has 0 bridgehead atoms. The molecule has 1 aliphatic rings. The summed E-state index contributed by atoms with van der Waals surface area (Å²) in [7, 11) is -3.42. The number of hydrogen-bond acceptors (Lipinski definition) is 4. The van der Waals surface area contributed by atoms with Crippen molar-refractivity contribution in [3.05, 3.63) is 29.8 Å². The van der Waals surface area contributed by atoms with Gasteiger partial charge in [-0.3, -0.25) is 4.79 Å². The average molecular weight is 296 g/mol. The van der Waals surface area contributed by atoms with Crippen LogP contribution in [0.3, 0.4) is 0 Å². The lowest BCUT2D eigenvalue weighted by Crippen LogP contribution is -2.35. The second-order valence-electron chi connectivity index (χ2n) is 5.41. The molecule has 0 aromatic heterocycles. The van der Waals surface area contributed by atoms with Crippen LogP contribution >= 0.6 is 0 Å². The fourth-order valence-electron chi connectivity index (χ4n) is 2.72.